The minimum atomic E-state index is -0.306. The summed E-state index contributed by atoms with van der Waals surface area (Å²) in [6.07, 6.45) is 6.47. The molecule has 1 aliphatic rings. The van der Waals surface area contributed by atoms with Gasteiger partial charge in [-0.05, 0) is 66.6 Å². The summed E-state index contributed by atoms with van der Waals surface area (Å²) in [5.41, 5.74) is 0.576. The van der Waals surface area contributed by atoms with Crippen LogP contribution in [0, 0.1) is 5.92 Å². The Balaban J connectivity index is 1.72. The van der Waals surface area contributed by atoms with Gasteiger partial charge in [-0.15, -0.1) is 0 Å². The Labute approximate surface area is 137 Å². The van der Waals surface area contributed by atoms with E-state index in [0.29, 0.717) is 11.7 Å². The average molecular weight is 312 g/mol. The number of rotatable bonds is 4. The molecule has 0 bridgehead atoms. The molecule has 0 saturated heterocycles. The molecule has 3 nitrogen and oxygen atoms in total. The maximum Gasteiger partial charge on any atom is 0.337 e. The molecule has 1 saturated carbocycles. The highest BCUT2D eigenvalue weighted by atomic mass is 16.5. The van der Waals surface area contributed by atoms with Gasteiger partial charge < -0.3 is 9.47 Å². The Morgan fingerprint density at radius 2 is 1.74 bits per heavy atom. The number of esters is 1. The van der Waals surface area contributed by atoms with Crippen LogP contribution in [-0.2, 0) is 4.74 Å². The van der Waals surface area contributed by atoms with E-state index in [1.807, 2.05) is 24.3 Å². The number of carbonyl (C=O) groups excluding carboxylic acids is 1. The highest BCUT2D eigenvalue weighted by Crippen LogP contribution is 2.30. The van der Waals surface area contributed by atoms with Crippen LogP contribution in [0.2, 0.25) is 0 Å². The summed E-state index contributed by atoms with van der Waals surface area (Å²) in [4.78, 5) is 11.6. The second-order valence-corrected chi connectivity index (χ2v) is 6.38. The Hall–Kier alpha value is -2.03. The fourth-order valence-electron chi connectivity index (χ4n) is 3.39. The van der Waals surface area contributed by atoms with Gasteiger partial charge in [-0.25, -0.2) is 4.79 Å². The fraction of sp³-hybridized carbons (Fsp3) is 0.450. The Bertz CT molecular complexity index is 684. The van der Waals surface area contributed by atoms with Gasteiger partial charge in [-0.2, -0.15) is 0 Å². The summed E-state index contributed by atoms with van der Waals surface area (Å²) in [7, 11) is 1.40. The average Bonchev–Trinajstić information content (AvgIpc) is 2.61. The lowest BCUT2D eigenvalue weighted by Gasteiger charge is -2.28. The molecule has 0 unspecified atom stereocenters. The van der Waals surface area contributed by atoms with Crippen molar-refractivity contribution < 1.29 is 14.3 Å². The van der Waals surface area contributed by atoms with Gasteiger partial charge in [0.15, 0.2) is 0 Å². The van der Waals surface area contributed by atoms with Crippen LogP contribution < -0.4 is 4.74 Å². The highest BCUT2D eigenvalue weighted by Gasteiger charge is 2.21. The van der Waals surface area contributed by atoms with E-state index in [-0.39, 0.29) is 5.97 Å². The van der Waals surface area contributed by atoms with E-state index < -0.39 is 0 Å². The van der Waals surface area contributed by atoms with E-state index in [4.69, 9.17) is 9.47 Å². The maximum absolute atomic E-state index is 11.6. The van der Waals surface area contributed by atoms with Crippen LogP contribution in [0.25, 0.3) is 10.8 Å². The first-order valence-corrected chi connectivity index (χ1v) is 8.48. The van der Waals surface area contributed by atoms with Gasteiger partial charge in [0.2, 0.25) is 0 Å². The smallest absolute Gasteiger partial charge is 0.337 e. The molecule has 0 spiro atoms. The van der Waals surface area contributed by atoms with Crippen molar-refractivity contribution in [3.05, 3.63) is 42.0 Å². The van der Waals surface area contributed by atoms with E-state index in [1.165, 1.54) is 26.4 Å². The topological polar surface area (TPSA) is 35.5 Å². The predicted octanol–water partition coefficient (Wildman–Crippen LogP) is 4.97. The summed E-state index contributed by atoms with van der Waals surface area (Å²) in [6.45, 7) is 2.28. The number of fused-ring (bicyclic) bond motifs is 1. The number of ether oxygens (including phenoxy) is 2. The second kappa shape index (κ2) is 7.03. The molecule has 0 amide bonds. The van der Waals surface area contributed by atoms with Crippen LogP contribution in [0.15, 0.2) is 36.4 Å². The lowest BCUT2D eigenvalue weighted by atomic mass is 9.86. The third kappa shape index (κ3) is 3.66. The van der Waals surface area contributed by atoms with Crippen LogP contribution in [0.3, 0.4) is 0 Å². The fourth-order valence-corrected chi connectivity index (χ4v) is 3.39. The summed E-state index contributed by atoms with van der Waals surface area (Å²) >= 11 is 0. The molecule has 0 aliphatic heterocycles. The lowest BCUT2D eigenvalue weighted by Crippen LogP contribution is -2.23. The zero-order chi connectivity index (χ0) is 16.2. The Morgan fingerprint density at radius 3 is 2.43 bits per heavy atom. The molecule has 0 N–H and O–H groups in total. The number of carbonyl (C=O) groups is 1. The number of hydrogen-bond acceptors (Lipinski definition) is 3. The van der Waals surface area contributed by atoms with Crippen LogP contribution in [0.1, 0.15) is 49.4 Å². The van der Waals surface area contributed by atoms with Crippen molar-refractivity contribution in [2.24, 2.45) is 5.92 Å². The molecule has 3 rings (SSSR count). The predicted molar refractivity (Wildman–Crippen MR) is 92.0 cm³/mol. The van der Waals surface area contributed by atoms with Gasteiger partial charge in [0.05, 0.1) is 18.8 Å². The van der Waals surface area contributed by atoms with Crippen molar-refractivity contribution in [3.63, 3.8) is 0 Å². The Morgan fingerprint density at radius 1 is 1.04 bits per heavy atom. The van der Waals surface area contributed by atoms with Gasteiger partial charge in [0.25, 0.3) is 0 Å². The molecule has 1 aliphatic carbocycles. The monoisotopic (exact) mass is 312 g/mol. The maximum atomic E-state index is 11.6. The van der Waals surface area contributed by atoms with Crippen molar-refractivity contribution in [2.75, 3.05) is 7.11 Å². The second-order valence-electron chi connectivity index (χ2n) is 6.38. The number of benzene rings is 2. The van der Waals surface area contributed by atoms with Crippen molar-refractivity contribution in [2.45, 2.75) is 45.1 Å². The minimum absolute atomic E-state index is 0.306. The molecule has 0 atom stereocenters. The van der Waals surface area contributed by atoms with Gasteiger partial charge in [-0.1, -0.05) is 25.5 Å². The van der Waals surface area contributed by atoms with E-state index >= 15 is 0 Å². The van der Waals surface area contributed by atoms with Crippen LogP contribution in [0.5, 0.6) is 5.75 Å². The standard InChI is InChI=1S/C20H24O3/c1-3-14-4-9-18(10-5-14)23-19-11-8-15-12-17(20(21)22-2)7-6-16(15)13-19/h6-8,11-14,18H,3-5,9-10H2,1-2H3. The highest BCUT2D eigenvalue weighted by molar-refractivity contribution is 5.95. The zero-order valence-corrected chi connectivity index (χ0v) is 13.9. The molecule has 0 aromatic heterocycles. The normalized spacial score (nSPS) is 21.1. The van der Waals surface area contributed by atoms with Crippen LogP contribution >= 0.6 is 0 Å². The van der Waals surface area contributed by atoms with Crippen molar-refractivity contribution in [1.29, 1.82) is 0 Å². The van der Waals surface area contributed by atoms with Gasteiger partial charge >= 0.3 is 5.97 Å². The first-order valence-electron chi connectivity index (χ1n) is 8.48. The van der Waals surface area contributed by atoms with Crippen LogP contribution in [0.4, 0.5) is 0 Å². The van der Waals surface area contributed by atoms with Crippen molar-refractivity contribution in [1.82, 2.24) is 0 Å². The summed E-state index contributed by atoms with van der Waals surface area (Å²) in [5.74, 6) is 1.49. The number of hydrogen-bond donors (Lipinski definition) is 0. The van der Waals surface area contributed by atoms with Gasteiger partial charge in [0, 0.05) is 0 Å². The minimum Gasteiger partial charge on any atom is -0.490 e. The number of methoxy groups -OCH3 is 1. The zero-order valence-electron chi connectivity index (χ0n) is 13.9. The first-order chi connectivity index (χ1) is 11.2. The summed E-state index contributed by atoms with van der Waals surface area (Å²) in [5, 5.41) is 2.10. The quantitative estimate of drug-likeness (QED) is 0.747. The third-order valence-electron chi connectivity index (χ3n) is 4.91. The van der Waals surface area contributed by atoms with E-state index in [0.717, 1.165) is 35.3 Å². The summed E-state index contributed by atoms with van der Waals surface area (Å²) in [6, 6.07) is 11.7. The van der Waals surface area contributed by atoms with Crippen molar-refractivity contribution in [3.8, 4) is 5.75 Å². The largest absolute Gasteiger partial charge is 0.490 e. The molecule has 23 heavy (non-hydrogen) atoms. The Kier molecular flexibility index (Phi) is 4.85. The third-order valence-corrected chi connectivity index (χ3v) is 4.91. The van der Waals surface area contributed by atoms with Crippen LogP contribution in [-0.4, -0.2) is 19.2 Å². The molecule has 0 heterocycles. The molecule has 0 radical (unpaired) electrons. The van der Waals surface area contributed by atoms with Gasteiger partial charge in [-0.3, -0.25) is 0 Å². The van der Waals surface area contributed by atoms with Crippen molar-refractivity contribution >= 4 is 16.7 Å². The molecular formula is C20H24O3. The SMILES string of the molecule is CCC1CCC(Oc2ccc3cc(C(=O)OC)ccc3c2)CC1. The molecular weight excluding hydrogens is 288 g/mol. The molecule has 1 fully saturated rings. The molecule has 3 heteroatoms. The van der Waals surface area contributed by atoms with E-state index in [1.54, 1.807) is 6.07 Å². The summed E-state index contributed by atoms with van der Waals surface area (Å²) < 4.78 is 10.9. The lowest BCUT2D eigenvalue weighted by molar-refractivity contribution is 0.0601. The molecule has 2 aromatic carbocycles. The van der Waals surface area contributed by atoms with E-state index in [2.05, 4.69) is 13.0 Å². The molecule has 122 valence electrons. The van der Waals surface area contributed by atoms with E-state index in [9.17, 15) is 4.79 Å². The van der Waals surface area contributed by atoms with Gasteiger partial charge in [0.1, 0.15) is 5.75 Å². The first kappa shape index (κ1) is 15.9. The molecule has 2 aromatic rings.